The number of nitrogens with zero attached hydrogens (tertiary/aromatic N) is 1. The zero-order chi connectivity index (χ0) is 12.0. The van der Waals surface area contributed by atoms with Gasteiger partial charge in [-0.3, -0.25) is 0 Å². The molecule has 16 heavy (non-hydrogen) atoms. The maximum Gasteiger partial charge on any atom is 0.167 e. The second-order valence-electron chi connectivity index (χ2n) is 4.69. The van der Waals surface area contributed by atoms with Crippen LogP contribution in [0.1, 0.15) is 33.6 Å². The highest BCUT2D eigenvalue weighted by atomic mass is 15.0. The molecule has 1 aliphatic carbocycles. The summed E-state index contributed by atoms with van der Waals surface area (Å²) in [5, 5.41) is 0. The second kappa shape index (κ2) is 6.47. The van der Waals surface area contributed by atoms with Gasteiger partial charge in [0.05, 0.1) is 0 Å². The minimum Gasteiger partial charge on any atom is -0.236 e. The first-order chi connectivity index (χ1) is 7.63. The number of rotatable bonds is 3. The van der Waals surface area contributed by atoms with Crippen LogP contribution in [0, 0.1) is 5.92 Å². The highest BCUT2D eigenvalue weighted by molar-refractivity contribution is 5.76. The molecule has 0 N–H and O–H groups in total. The summed E-state index contributed by atoms with van der Waals surface area (Å²) in [5.74, 6) is 0.645. The zero-order valence-corrected chi connectivity index (χ0v) is 11.0. The molecule has 0 saturated heterocycles. The molecule has 0 spiro atoms. The van der Waals surface area contributed by atoms with E-state index < -0.39 is 0 Å². The van der Waals surface area contributed by atoms with Crippen LogP contribution in [-0.4, -0.2) is 23.9 Å². The highest BCUT2D eigenvalue weighted by Gasteiger charge is 2.07. The van der Waals surface area contributed by atoms with Crippen molar-refractivity contribution in [3.8, 4) is 0 Å². The van der Waals surface area contributed by atoms with Gasteiger partial charge in [-0.2, -0.15) is 0 Å². The van der Waals surface area contributed by atoms with E-state index in [1.54, 1.807) is 0 Å². The lowest BCUT2D eigenvalue weighted by Crippen LogP contribution is -2.17. The molecule has 0 fully saturated rings. The molecule has 1 nitrogen and oxygen atoms in total. The van der Waals surface area contributed by atoms with Gasteiger partial charge in [-0.1, -0.05) is 44.2 Å². The topological polar surface area (TPSA) is 3.01 Å². The van der Waals surface area contributed by atoms with Gasteiger partial charge in [-0.05, 0) is 12.3 Å². The summed E-state index contributed by atoms with van der Waals surface area (Å²) >= 11 is 0. The van der Waals surface area contributed by atoms with E-state index in [9.17, 15) is 0 Å². The molecule has 1 heteroatoms. The summed E-state index contributed by atoms with van der Waals surface area (Å²) in [7, 11) is 2.17. The molecule has 0 radical (unpaired) electrons. The van der Waals surface area contributed by atoms with Crippen molar-refractivity contribution >= 4 is 5.71 Å². The van der Waals surface area contributed by atoms with Crippen molar-refractivity contribution in [2.75, 3.05) is 13.6 Å². The van der Waals surface area contributed by atoms with Crippen molar-refractivity contribution in [2.45, 2.75) is 33.6 Å². The molecule has 0 aromatic carbocycles. The van der Waals surface area contributed by atoms with Crippen LogP contribution in [0.15, 0.2) is 36.0 Å². The maximum atomic E-state index is 2.39. The highest BCUT2D eigenvalue weighted by Crippen LogP contribution is 2.12. The van der Waals surface area contributed by atoms with Gasteiger partial charge >= 0.3 is 0 Å². The normalized spacial score (nSPS) is 22.2. The fraction of sp³-hybridized carbons (Fsp3) is 0.533. The Morgan fingerprint density at radius 1 is 1.44 bits per heavy atom. The average molecular weight is 218 g/mol. The molecule has 0 heterocycles. The third-order valence-electron chi connectivity index (χ3n) is 3.15. The van der Waals surface area contributed by atoms with Crippen molar-refractivity contribution in [3.05, 3.63) is 36.0 Å². The van der Waals surface area contributed by atoms with Crippen molar-refractivity contribution in [2.24, 2.45) is 5.92 Å². The minimum absolute atomic E-state index is 0.645. The second-order valence-corrected chi connectivity index (χ2v) is 4.69. The van der Waals surface area contributed by atoms with Gasteiger partial charge in [-0.25, -0.2) is 4.58 Å². The third-order valence-corrected chi connectivity index (χ3v) is 3.15. The first-order valence-electron chi connectivity index (χ1n) is 6.21. The van der Waals surface area contributed by atoms with E-state index in [1.807, 2.05) is 0 Å². The Labute approximate surface area is 99.9 Å². The molecule has 0 amide bonds. The molecule has 0 aliphatic heterocycles. The van der Waals surface area contributed by atoms with Crippen molar-refractivity contribution < 1.29 is 4.58 Å². The molecule has 0 aromatic heterocycles. The largest absolute Gasteiger partial charge is 0.236 e. The van der Waals surface area contributed by atoms with Gasteiger partial charge in [0.25, 0.3) is 0 Å². The van der Waals surface area contributed by atoms with E-state index in [0.717, 1.165) is 19.4 Å². The fourth-order valence-electron chi connectivity index (χ4n) is 1.82. The van der Waals surface area contributed by atoms with E-state index in [2.05, 4.69) is 62.8 Å². The number of allylic oxidation sites excluding steroid dienone is 4. The quantitative estimate of drug-likeness (QED) is 0.503. The Bertz CT molecular complexity index is 342. The Morgan fingerprint density at radius 3 is 2.88 bits per heavy atom. The predicted molar refractivity (Wildman–Crippen MR) is 72.2 cm³/mol. The summed E-state index contributed by atoms with van der Waals surface area (Å²) in [5.41, 5.74) is 2.87. The first kappa shape index (κ1) is 13.0. The van der Waals surface area contributed by atoms with E-state index in [4.69, 9.17) is 0 Å². The first-order valence-corrected chi connectivity index (χ1v) is 6.21. The van der Waals surface area contributed by atoms with Crippen LogP contribution in [0.3, 0.4) is 0 Å². The molecule has 0 bridgehead atoms. The Balaban J connectivity index is 2.79. The molecule has 1 unspecified atom stereocenters. The molecular weight excluding hydrogens is 194 g/mol. The Hall–Kier alpha value is -1.11. The molecule has 1 rings (SSSR count). The smallest absolute Gasteiger partial charge is 0.167 e. The molecule has 1 atom stereocenters. The van der Waals surface area contributed by atoms with Crippen LogP contribution >= 0.6 is 0 Å². The van der Waals surface area contributed by atoms with Crippen LogP contribution in [0.25, 0.3) is 0 Å². The summed E-state index contributed by atoms with van der Waals surface area (Å²) in [6.45, 7) is 7.71. The third kappa shape index (κ3) is 4.18. The molecule has 1 aliphatic rings. The number of hydrogen-bond acceptors (Lipinski definition) is 0. The maximum absolute atomic E-state index is 2.39. The van der Waals surface area contributed by atoms with Crippen LogP contribution in [-0.2, 0) is 0 Å². The standard InChI is InChI=1S/C15H24N/c1-5-14(3)16(4)12-15-10-8-6-7-9-13(2)11-15/h6-8,10-11,13H,5,9,12H2,1-4H3/q+1. The van der Waals surface area contributed by atoms with E-state index in [-0.39, 0.29) is 0 Å². The van der Waals surface area contributed by atoms with E-state index in [0.29, 0.717) is 5.92 Å². The van der Waals surface area contributed by atoms with Crippen molar-refractivity contribution in [3.63, 3.8) is 0 Å². The van der Waals surface area contributed by atoms with Gasteiger partial charge in [-0.15, -0.1) is 0 Å². The monoisotopic (exact) mass is 218 g/mol. The number of hydrogen-bond donors (Lipinski definition) is 0. The predicted octanol–water partition coefficient (Wildman–Crippen LogP) is 3.58. The van der Waals surface area contributed by atoms with Crippen molar-refractivity contribution in [1.82, 2.24) is 0 Å². The summed E-state index contributed by atoms with van der Waals surface area (Å²) in [6, 6.07) is 0. The van der Waals surface area contributed by atoms with E-state index in [1.165, 1.54) is 11.3 Å². The summed E-state index contributed by atoms with van der Waals surface area (Å²) in [4.78, 5) is 0. The minimum atomic E-state index is 0.645. The molecule has 88 valence electrons. The lowest BCUT2D eigenvalue weighted by Gasteiger charge is -2.08. The number of likely N-dealkylation sites (N-methyl/N-ethyl adjacent to an activating group) is 1. The van der Waals surface area contributed by atoms with Crippen LogP contribution in [0.5, 0.6) is 0 Å². The molecule has 0 saturated carbocycles. The Morgan fingerprint density at radius 2 is 2.19 bits per heavy atom. The van der Waals surface area contributed by atoms with Crippen LogP contribution < -0.4 is 0 Å². The summed E-state index contributed by atoms with van der Waals surface area (Å²) in [6.07, 6.45) is 13.4. The van der Waals surface area contributed by atoms with Gasteiger partial charge < -0.3 is 0 Å². The van der Waals surface area contributed by atoms with Crippen LogP contribution in [0.4, 0.5) is 0 Å². The van der Waals surface area contributed by atoms with Gasteiger partial charge in [0.15, 0.2) is 6.54 Å². The Kier molecular flexibility index (Phi) is 5.24. The summed E-state index contributed by atoms with van der Waals surface area (Å²) < 4.78 is 2.34. The van der Waals surface area contributed by atoms with Crippen molar-refractivity contribution in [1.29, 1.82) is 0 Å². The lowest BCUT2D eigenvalue weighted by atomic mass is 10.0. The van der Waals surface area contributed by atoms with Gasteiger partial charge in [0.2, 0.25) is 0 Å². The van der Waals surface area contributed by atoms with Gasteiger partial charge in [0.1, 0.15) is 12.8 Å². The molecular formula is C15H24N+. The fourth-order valence-corrected chi connectivity index (χ4v) is 1.82. The SMILES string of the molecule is CCC(C)=[N+](C)CC1=CC(C)CC=CC=C1. The zero-order valence-electron chi connectivity index (χ0n) is 11.0. The van der Waals surface area contributed by atoms with Crippen LogP contribution in [0.2, 0.25) is 0 Å². The van der Waals surface area contributed by atoms with E-state index >= 15 is 0 Å². The average Bonchev–Trinajstić information content (AvgIpc) is 2.24. The van der Waals surface area contributed by atoms with Gasteiger partial charge in [0, 0.05) is 18.9 Å². The lowest BCUT2D eigenvalue weighted by molar-refractivity contribution is -0.489. The molecule has 0 aromatic rings.